The van der Waals surface area contributed by atoms with E-state index in [4.69, 9.17) is 10.5 Å². The van der Waals surface area contributed by atoms with Crippen molar-refractivity contribution in [1.29, 1.82) is 5.26 Å². The van der Waals surface area contributed by atoms with Crippen LogP contribution in [0.25, 0.3) is 5.70 Å². The zero-order chi connectivity index (χ0) is 24.2. The summed E-state index contributed by atoms with van der Waals surface area (Å²) in [4.78, 5) is 12.7. The maximum atomic E-state index is 14.0. The molecule has 1 aromatic carbocycles. The summed E-state index contributed by atoms with van der Waals surface area (Å²) in [5, 5.41) is 9.36. The molecule has 2 aromatic rings. The number of hydrogen-bond acceptors (Lipinski definition) is 6. The first kappa shape index (κ1) is 25.2. The molecule has 0 radical (unpaired) electrons. The number of nitrogens with two attached hydrogens (primary N) is 1. The van der Waals surface area contributed by atoms with E-state index in [9.17, 15) is 9.65 Å². The lowest BCUT2D eigenvalue weighted by atomic mass is 10.0. The third-order valence-electron chi connectivity index (χ3n) is 4.69. The highest BCUT2D eigenvalue weighted by Crippen LogP contribution is 2.24. The lowest BCUT2D eigenvalue weighted by Gasteiger charge is -2.13. The van der Waals surface area contributed by atoms with Crippen molar-refractivity contribution >= 4 is 17.3 Å². The lowest BCUT2D eigenvalue weighted by molar-refractivity contribution is 0.552. The zero-order valence-corrected chi connectivity index (χ0v) is 19.2. The van der Waals surface area contributed by atoms with Gasteiger partial charge in [0.1, 0.15) is 11.4 Å². The third kappa shape index (κ3) is 6.97. The fourth-order valence-electron chi connectivity index (χ4n) is 2.99. The fourth-order valence-corrected chi connectivity index (χ4v) is 2.99. The van der Waals surface area contributed by atoms with E-state index >= 15 is 0 Å². The van der Waals surface area contributed by atoms with E-state index in [2.05, 4.69) is 34.5 Å². The van der Waals surface area contributed by atoms with Gasteiger partial charge in [0, 0.05) is 31.1 Å². The van der Waals surface area contributed by atoms with Crippen LogP contribution in [0, 0.1) is 17.1 Å². The number of rotatable bonds is 9. The van der Waals surface area contributed by atoms with E-state index in [0.717, 1.165) is 24.1 Å². The summed E-state index contributed by atoms with van der Waals surface area (Å²) in [6.45, 7) is 7.92. The van der Waals surface area contributed by atoms with Crippen molar-refractivity contribution in [2.24, 2.45) is 15.7 Å². The molecule has 0 unspecified atom stereocenters. The Hall–Kier alpha value is -4.05. The number of nitriles is 1. The minimum atomic E-state index is -0.550. The number of allylic oxidation sites excluding steroid dienone is 2. The second-order valence-corrected chi connectivity index (χ2v) is 7.01. The van der Waals surface area contributed by atoms with Gasteiger partial charge in [0.25, 0.3) is 0 Å². The SMILES string of the molecule is C=C/C(=C\N=C(CC)c1ccc(C#N)cc1OC(C=C(N)c1ncccc1F)=NC)CCC. The van der Waals surface area contributed by atoms with E-state index in [-0.39, 0.29) is 17.3 Å². The molecule has 0 fully saturated rings. The Kier molecular flexibility index (Phi) is 9.72. The van der Waals surface area contributed by atoms with E-state index in [1.54, 1.807) is 30.5 Å². The van der Waals surface area contributed by atoms with Gasteiger partial charge >= 0.3 is 0 Å². The van der Waals surface area contributed by atoms with Crippen LogP contribution in [0.15, 0.2) is 77.0 Å². The molecule has 0 amide bonds. The molecule has 7 heteroatoms. The van der Waals surface area contributed by atoms with Crippen molar-refractivity contribution in [2.45, 2.75) is 33.1 Å². The van der Waals surface area contributed by atoms with Crippen LogP contribution in [0.3, 0.4) is 0 Å². The number of ether oxygens (including phenoxy) is 1. The fraction of sp³-hybridized carbons (Fsp3) is 0.231. The van der Waals surface area contributed by atoms with Gasteiger partial charge in [0.2, 0.25) is 5.90 Å². The molecule has 170 valence electrons. The van der Waals surface area contributed by atoms with Gasteiger partial charge in [-0.3, -0.25) is 15.0 Å². The molecule has 0 aliphatic heterocycles. The maximum absolute atomic E-state index is 14.0. The van der Waals surface area contributed by atoms with Crippen molar-refractivity contribution in [1.82, 2.24) is 4.98 Å². The number of aromatic nitrogens is 1. The number of halogens is 1. The van der Waals surface area contributed by atoms with Crippen LogP contribution in [0.2, 0.25) is 0 Å². The van der Waals surface area contributed by atoms with Crippen LogP contribution in [-0.2, 0) is 0 Å². The minimum absolute atomic E-state index is 0.00192. The zero-order valence-electron chi connectivity index (χ0n) is 19.2. The molecule has 0 saturated heterocycles. The highest BCUT2D eigenvalue weighted by molar-refractivity contribution is 6.04. The highest BCUT2D eigenvalue weighted by atomic mass is 19.1. The van der Waals surface area contributed by atoms with Gasteiger partial charge in [-0.25, -0.2) is 4.39 Å². The summed E-state index contributed by atoms with van der Waals surface area (Å²) in [5.74, 6) is -0.0198. The minimum Gasteiger partial charge on any atom is -0.439 e. The molecule has 0 aliphatic rings. The first-order valence-electron chi connectivity index (χ1n) is 10.6. The van der Waals surface area contributed by atoms with Crippen LogP contribution in [0.4, 0.5) is 4.39 Å². The standard InChI is InChI=1S/C26H28FN5O/c1-5-9-18(6-2)17-32-23(7-3)20-12-11-19(16-28)14-24(20)33-25(30-4)15-22(29)26-21(27)10-8-13-31-26/h6,8,10-15,17H,2,5,7,9,29H2,1,3-4H3/b18-17+,22-15?,30-25?,32-23?. The molecular formula is C26H28FN5O. The van der Waals surface area contributed by atoms with Crippen LogP contribution in [-0.4, -0.2) is 23.6 Å². The number of nitrogens with zero attached hydrogens (tertiary/aromatic N) is 4. The predicted molar refractivity (Wildman–Crippen MR) is 132 cm³/mol. The lowest BCUT2D eigenvalue weighted by Crippen LogP contribution is -2.13. The molecule has 2 N–H and O–H groups in total. The number of pyridine rings is 1. The van der Waals surface area contributed by atoms with Crippen molar-refractivity contribution in [3.05, 3.63) is 89.7 Å². The molecule has 0 bridgehead atoms. The topological polar surface area (TPSA) is 96.6 Å². The Morgan fingerprint density at radius 1 is 1.33 bits per heavy atom. The Bertz CT molecular complexity index is 1160. The third-order valence-corrected chi connectivity index (χ3v) is 4.69. The van der Waals surface area contributed by atoms with Gasteiger partial charge in [-0.1, -0.05) is 32.9 Å². The summed E-state index contributed by atoms with van der Waals surface area (Å²) >= 11 is 0. The van der Waals surface area contributed by atoms with Crippen molar-refractivity contribution in [3.8, 4) is 11.8 Å². The second-order valence-electron chi connectivity index (χ2n) is 7.01. The largest absolute Gasteiger partial charge is 0.439 e. The van der Waals surface area contributed by atoms with Crippen molar-refractivity contribution in [2.75, 3.05) is 7.05 Å². The molecule has 2 rings (SSSR count). The monoisotopic (exact) mass is 445 g/mol. The summed E-state index contributed by atoms with van der Waals surface area (Å²) in [6, 6.07) is 9.96. The maximum Gasteiger partial charge on any atom is 0.216 e. The predicted octanol–water partition coefficient (Wildman–Crippen LogP) is 5.57. The van der Waals surface area contributed by atoms with Crippen molar-refractivity contribution < 1.29 is 9.13 Å². The Balaban J connectivity index is 2.48. The molecule has 0 aliphatic carbocycles. The normalized spacial score (nSPS) is 12.9. The first-order chi connectivity index (χ1) is 16.0. The molecule has 0 atom stereocenters. The summed E-state index contributed by atoms with van der Waals surface area (Å²) in [7, 11) is 1.53. The average Bonchev–Trinajstić information content (AvgIpc) is 2.83. The van der Waals surface area contributed by atoms with E-state index in [0.29, 0.717) is 23.3 Å². The summed E-state index contributed by atoms with van der Waals surface area (Å²) in [5.41, 5.74) is 9.03. The van der Waals surface area contributed by atoms with Crippen LogP contribution in [0.1, 0.15) is 49.9 Å². The van der Waals surface area contributed by atoms with Crippen LogP contribution >= 0.6 is 0 Å². The second kappa shape index (κ2) is 12.7. The van der Waals surface area contributed by atoms with Gasteiger partial charge in [-0.15, -0.1) is 0 Å². The quantitative estimate of drug-likeness (QED) is 0.310. The van der Waals surface area contributed by atoms with E-state index < -0.39 is 5.82 Å². The van der Waals surface area contributed by atoms with Crippen LogP contribution < -0.4 is 10.5 Å². The molecule has 33 heavy (non-hydrogen) atoms. The number of benzene rings is 1. The van der Waals surface area contributed by atoms with E-state index in [1.165, 1.54) is 31.5 Å². The van der Waals surface area contributed by atoms with Gasteiger partial charge < -0.3 is 10.5 Å². The molecule has 1 aromatic heterocycles. The van der Waals surface area contributed by atoms with Crippen LogP contribution in [0.5, 0.6) is 5.75 Å². The van der Waals surface area contributed by atoms with Crippen molar-refractivity contribution in [3.63, 3.8) is 0 Å². The Labute approximate surface area is 194 Å². The highest BCUT2D eigenvalue weighted by Gasteiger charge is 2.14. The van der Waals surface area contributed by atoms with Gasteiger partial charge in [-0.2, -0.15) is 5.26 Å². The smallest absolute Gasteiger partial charge is 0.216 e. The molecule has 1 heterocycles. The Morgan fingerprint density at radius 3 is 2.73 bits per heavy atom. The summed E-state index contributed by atoms with van der Waals surface area (Å²) < 4.78 is 20.0. The number of hydrogen-bond donors (Lipinski definition) is 1. The van der Waals surface area contributed by atoms with E-state index in [1.807, 2.05) is 6.92 Å². The van der Waals surface area contributed by atoms with Gasteiger partial charge in [0.15, 0.2) is 5.82 Å². The molecular weight excluding hydrogens is 417 g/mol. The Morgan fingerprint density at radius 2 is 2.12 bits per heavy atom. The first-order valence-corrected chi connectivity index (χ1v) is 10.6. The average molecular weight is 446 g/mol. The molecule has 0 saturated carbocycles. The van der Waals surface area contributed by atoms with Gasteiger partial charge in [0.05, 0.1) is 23.0 Å². The van der Waals surface area contributed by atoms with Gasteiger partial charge in [-0.05, 0) is 48.7 Å². The number of aliphatic imine (C=N–C) groups is 2. The molecule has 0 spiro atoms. The molecule has 6 nitrogen and oxygen atoms in total. The summed E-state index contributed by atoms with van der Waals surface area (Å²) in [6.07, 6.45) is 8.93.